The fourth-order valence-corrected chi connectivity index (χ4v) is 2.56. The van der Waals surface area contributed by atoms with Crippen molar-refractivity contribution < 1.29 is 14.6 Å². The second kappa shape index (κ2) is 6.54. The van der Waals surface area contributed by atoms with Crippen LogP contribution < -0.4 is 10.1 Å². The number of carbonyl (C=O) groups excluding carboxylic acids is 1. The monoisotopic (exact) mass is 310 g/mol. The summed E-state index contributed by atoms with van der Waals surface area (Å²) in [5.74, 6) is 0.434. The summed E-state index contributed by atoms with van der Waals surface area (Å²) in [6.07, 6.45) is 1.81. The van der Waals surface area contributed by atoms with Crippen molar-refractivity contribution in [2.24, 2.45) is 0 Å². The lowest BCUT2D eigenvalue weighted by Gasteiger charge is -2.11. The summed E-state index contributed by atoms with van der Waals surface area (Å²) >= 11 is 0. The van der Waals surface area contributed by atoms with Crippen LogP contribution in [0.3, 0.4) is 0 Å². The normalized spacial score (nSPS) is 10.7. The minimum absolute atomic E-state index is 0.146. The molecule has 5 nitrogen and oxygen atoms in total. The van der Waals surface area contributed by atoms with Crippen molar-refractivity contribution in [2.45, 2.75) is 13.5 Å². The molecule has 0 aliphatic heterocycles. The smallest absolute Gasteiger partial charge is 0.256 e. The fraction of sp³-hybridized carbons (Fsp3) is 0.167. The van der Waals surface area contributed by atoms with Gasteiger partial charge >= 0.3 is 0 Å². The van der Waals surface area contributed by atoms with Gasteiger partial charge in [-0.3, -0.25) is 4.79 Å². The van der Waals surface area contributed by atoms with E-state index in [9.17, 15) is 9.90 Å². The third kappa shape index (κ3) is 3.05. The Morgan fingerprint density at radius 1 is 1.26 bits per heavy atom. The molecule has 5 heteroatoms. The lowest BCUT2D eigenvalue weighted by molar-refractivity contribution is 0.102. The van der Waals surface area contributed by atoms with Gasteiger partial charge in [-0.15, -0.1) is 0 Å². The molecular formula is C18H18N2O3. The number of hydrogen-bond donors (Lipinski definition) is 3. The summed E-state index contributed by atoms with van der Waals surface area (Å²) in [5, 5.41) is 13.2. The Labute approximate surface area is 133 Å². The topological polar surface area (TPSA) is 74.3 Å². The van der Waals surface area contributed by atoms with E-state index < -0.39 is 0 Å². The molecule has 0 radical (unpaired) electrons. The second-order valence-corrected chi connectivity index (χ2v) is 5.11. The highest BCUT2D eigenvalue weighted by molar-refractivity contribution is 6.12. The highest BCUT2D eigenvalue weighted by Crippen LogP contribution is 2.24. The predicted octanol–water partition coefficient (Wildman–Crippen LogP) is 3.31. The molecule has 0 atom stereocenters. The zero-order valence-corrected chi connectivity index (χ0v) is 12.8. The molecule has 1 amide bonds. The summed E-state index contributed by atoms with van der Waals surface area (Å²) in [6, 6.07) is 12.7. The molecule has 23 heavy (non-hydrogen) atoms. The number of H-pyrrole nitrogens is 1. The minimum atomic E-state index is -0.191. The molecule has 2 aromatic carbocycles. The molecule has 118 valence electrons. The Bertz CT molecular complexity index is 839. The summed E-state index contributed by atoms with van der Waals surface area (Å²) < 4.78 is 5.44. The van der Waals surface area contributed by atoms with Crippen LogP contribution in [0.25, 0.3) is 10.9 Å². The van der Waals surface area contributed by atoms with Gasteiger partial charge in [0, 0.05) is 33.9 Å². The second-order valence-electron chi connectivity index (χ2n) is 5.11. The average Bonchev–Trinajstić information content (AvgIpc) is 3.04. The quantitative estimate of drug-likeness (QED) is 0.677. The van der Waals surface area contributed by atoms with E-state index in [0.717, 1.165) is 10.9 Å². The van der Waals surface area contributed by atoms with E-state index in [2.05, 4.69) is 10.3 Å². The maximum atomic E-state index is 12.5. The van der Waals surface area contributed by atoms with E-state index in [4.69, 9.17) is 4.74 Å². The van der Waals surface area contributed by atoms with Crippen LogP contribution in [0.1, 0.15) is 22.8 Å². The number of nitrogens with one attached hydrogen (secondary N) is 2. The van der Waals surface area contributed by atoms with Gasteiger partial charge in [0.05, 0.1) is 13.2 Å². The first-order valence-corrected chi connectivity index (χ1v) is 7.47. The molecule has 0 spiro atoms. The van der Waals surface area contributed by atoms with Crippen molar-refractivity contribution in [3.05, 3.63) is 59.8 Å². The van der Waals surface area contributed by atoms with Gasteiger partial charge in [0.15, 0.2) is 0 Å². The summed E-state index contributed by atoms with van der Waals surface area (Å²) in [5.41, 5.74) is 2.78. The van der Waals surface area contributed by atoms with Gasteiger partial charge in [0.25, 0.3) is 5.91 Å². The number of amides is 1. The van der Waals surface area contributed by atoms with E-state index >= 15 is 0 Å². The highest BCUT2D eigenvalue weighted by Gasteiger charge is 2.12. The highest BCUT2D eigenvalue weighted by atomic mass is 16.5. The van der Waals surface area contributed by atoms with Gasteiger partial charge in [0.1, 0.15) is 5.75 Å². The van der Waals surface area contributed by atoms with Gasteiger partial charge in [-0.1, -0.05) is 6.07 Å². The first kappa shape index (κ1) is 15.1. The number of rotatable bonds is 5. The van der Waals surface area contributed by atoms with E-state index in [1.54, 1.807) is 24.3 Å². The number of anilines is 1. The lowest BCUT2D eigenvalue weighted by atomic mass is 10.1. The Hall–Kier alpha value is -2.79. The standard InChI is InChI=1S/C18H18N2O3/c1-2-23-17-7-6-13(10-12(17)11-21)20-18(22)15-4-3-5-16-14(15)8-9-19-16/h3-10,19,21H,2,11H2,1H3,(H,20,22). The van der Waals surface area contributed by atoms with Gasteiger partial charge in [0.2, 0.25) is 0 Å². The van der Waals surface area contributed by atoms with Crippen molar-refractivity contribution in [1.29, 1.82) is 0 Å². The number of ether oxygens (including phenoxy) is 1. The number of aliphatic hydroxyl groups is 1. The van der Waals surface area contributed by atoms with Crippen LogP contribution in [0.4, 0.5) is 5.69 Å². The Morgan fingerprint density at radius 3 is 2.91 bits per heavy atom. The molecule has 3 N–H and O–H groups in total. The molecule has 1 aromatic heterocycles. The predicted molar refractivity (Wildman–Crippen MR) is 89.8 cm³/mol. The van der Waals surface area contributed by atoms with E-state index in [1.807, 2.05) is 31.3 Å². The molecule has 0 unspecified atom stereocenters. The van der Waals surface area contributed by atoms with Crippen LogP contribution in [-0.4, -0.2) is 22.6 Å². The van der Waals surface area contributed by atoms with Gasteiger partial charge in [-0.05, 0) is 43.3 Å². The zero-order valence-electron chi connectivity index (χ0n) is 12.8. The number of benzene rings is 2. The molecule has 3 rings (SSSR count). The van der Waals surface area contributed by atoms with Crippen molar-refractivity contribution in [3.63, 3.8) is 0 Å². The number of hydrogen-bond acceptors (Lipinski definition) is 3. The van der Waals surface area contributed by atoms with Crippen molar-refractivity contribution in [1.82, 2.24) is 4.98 Å². The Morgan fingerprint density at radius 2 is 2.13 bits per heavy atom. The number of fused-ring (bicyclic) bond motifs is 1. The van der Waals surface area contributed by atoms with Crippen LogP contribution in [-0.2, 0) is 6.61 Å². The first-order chi connectivity index (χ1) is 11.2. The summed E-state index contributed by atoms with van der Waals surface area (Å²) in [6.45, 7) is 2.26. The maximum Gasteiger partial charge on any atom is 0.256 e. The first-order valence-electron chi connectivity index (χ1n) is 7.47. The van der Waals surface area contributed by atoms with E-state index in [1.165, 1.54) is 0 Å². The maximum absolute atomic E-state index is 12.5. The SMILES string of the molecule is CCOc1ccc(NC(=O)c2cccc3[nH]ccc23)cc1CO. The van der Waals surface area contributed by atoms with E-state index in [-0.39, 0.29) is 12.5 Å². The van der Waals surface area contributed by atoms with Crippen LogP contribution in [0.2, 0.25) is 0 Å². The van der Waals surface area contributed by atoms with Crippen LogP contribution in [0, 0.1) is 0 Å². The van der Waals surface area contributed by atoms with Gasteiger partial charge in [-0.25, -0.2) is 0 Å². The van der Waals surface area contributed by atoms with Crippen molar-refractivity contribution in [3.8, 4) is 5.75 Å². The van der Waals surface area contributed by atoms with Crippen LogP contribution in [0.5, 0.6) is 5.75 Å². The average molecular weight is 310 g/mol. The number of aromatic amines is 1. The molecular weight excluding hydrogens is 292 g/mol. The molecule has 0 saturated heterocycles. The summed E-state index contributed by atoms with van der Waals surface area (Å²) in [7, 11) is 0. The van der Waals surface area contributed by atoms with E-state index in [0.29, 0.717) is 29.2 Å². The molecule has 1 heterocycles. The molecule has 3 aromatic rings. The third-order valence-electron chi connectivity index (χ3n) is 3.63. The Kier molecular flexibility index (Phi) is 4.30. The van der Waals surface area contributed by atoms with Crippen LogP contribution in [0.15, 0.2) is 48.7 Å². The molecule has 0 aliphatic carbocycles. The van der Waals surface area contributed by atoms with Crippen molar-refractivity contribution in [2.75, 3.05) is 11.9 Å². The Balaban J connectivity index is 1.87. The zero-order chi connectivity index (χ0) is 16.2. The molecule has 0 fully saturated rings. The fourth-order valence-electron chi connectivity index (χ4n) is 2.56. The largest absolute Gasteiger partial charge is 0.494 e. The van der Waals surface area contributed by atoms with Crippen molar-refractivity contribution >= 4 is 22.5 Å². The summed E-state index contributed by atoms with van der Waals surface area (Å²) in [4.78, 5) is 15.6. The minimum Gasteiger partial charge on any atom is -0.494 e. The lowest BCUT2D eigenvalue weighted by Crippen LogP contribution is -2.12. The van der Waals surface area contributed by atoms with Gasteiger partial charge in [-0.2, -0.15) is 0 Å². The number of aliphatic hydroxyl groups excluding tert-OH is 1. The van der Waals surface area contributed by atoms with Gasteiger partial charge < -0.3 is 20.1 Å². The van der Waals surface area contributed by atoms with Crippen LogP contribution >= 0.6 is 0 Å². The third-order valence-corrected chi connectivity index (χ3v) is 3.63. The molecule has 0 saturated carbocycles. The molecule has 0 bridgehead atoms. The number of carbonyl (C=O) groups is 1. The molecule has 0 aliphatic rings. The number of aromatic nitrogens is 1.